The molecule has 0 heterocycles. The lowest BCUT2D eigenvalue weighted by molar-refractivity contribution is 0.348. The van der Waals surface area contributed by atoms with Gasteiger partial charge in [-0.1, -0.05) is 36.4 Å². The molecule has 0 saturated heterocycles. The Bertz CT molecular complexity index is 528. The first-order valence-corrected chi connectivity index (χ1v) is 6.62. The maximum absolute atomic E-state index is 8.41. The number of nitriles is 1. The van der Waals surface area contributed by atoms with Gasteiger partial charge in [-0.3, -0.25) is 0 Å². The minimum Gasteiger partial charge on any atom is -0.492 e. The summed E-state index contributed by atoms with van der Waals surface area (Å²) in [4.78, 5) is 0. The lowest BCUT2D eigenvalue weighted by atomic mass is 10.1. The van der Waals surface area contributed by atoms with Gasteiger partial charge >= 0.3 is 0 Å². The van der Waals surface area contributed by atoms with Crippen molar-refractivity contribution < 1.29 is 4.74 Å². The summed E-state index contributed by atoms with van der Waals surface area (Å²) in [5.74, 6) is 2.29. The summed E-state index contributed by atoms with van der Waals surface area (Å²) in [6, 6.07) is 16.3. The molecule has 0 aromatic heterocycles. The zero-order valence-corrected chi connectivity index (χ0v) is 10.2. The molecule has 2 aromatic carbocycles. The van der Waals surface area contributed by atoms with Crippen LogP contribution in [0.5, 0.6) is 5.75 Å². The number of hydrogen-bond donors (Lipinski definition) is 0. The first kappa shape index (κ1) is 11.8. The molecule has 2 aromatic rings. The Morgan fingerprint density at radius 3 is 2.82 bits per heavy atom. The van der Waals surface area contributed by atoms with E-state index in [0.717, 1.165) is 16.9 Å². The molecule has 0 bridgehead atoms. The standard InChI is InChI=1S/C14H13NOS/c15-8-10-17-11-9-16-14-7-3-5-12-4-1-2-6-13(12)14/h1-7H,9-11H2. The normalized spacial score (nSPS) is 10.1. The molecule has 0 radical (unpaired) electrons. The summed E-state index contributed by atoms with van der Waals surface area (Å²) in [7, 11) is 0. The largest absolute Gasteiger partial charge is 0.492 e. The molecule has 0 amide bonds. The van der Waals surface area contributed by atoms with Gasteiger partial charge in [0.05, 0.1) is 18.4 Å². The Hall–Kier alpha value is -1.66. The second-order valence-corrected chi connectivity index (χ2v) is 4.64. The molecule has 0 aliphatic heterocycles. The Balaban J connectivity index is 2.01. The Morgan fingerprint density at radius 1 is 1.12 bits per heavy atom. The second-order valence-electron chi connectivity index (χ2n) is 3.54. The highest BCUT2D eigenvalue weighted by Crippen LogP contribution is 2.25. The summed E-state index contributed by atoms with van der Waals surface area (Å²) < 4.78 is 5.74. The van der Waals surface area contributed by atoms with E-state index in [0.29, 0.717) is 12.4 Å². The van der Waals surface area contributed by atoms with Crippen LogP contribution in [0.2, 0.25) is 0 Å². The molecule has 86 valence electrons. The fourth-order valence-electron chi connectivity index (χ4n) is 1.65. The van der Waals surface area contributed by atoms with Crippen LogP contribution < -0.4 is 4.74 Å². The van der Waals surface area contributed by atoms with Crippen molar-refractivity contribution in [3.8, 4) is 11.8 Å². The minimum atomic E-state index is 0.527. The first-order chi connectivity index (χ1) is 8.42. The maximum atomic E-state index is 8.41. The van der Waals surface area contributed by atoms with Gasteiger partial charge in [0.2, 0.25) is 0 Å². The van der Waals surface area contributed by atoms with Gasteiger partial charge in [-0.2, -0.15) is 5.26 Å². The number of ether oxygens (including phenoxy) is 1. The quantitative estimate of drug-likeness (QED) is 0.754. The smallest absolute Gasteiger partial charge is 0.127 e. The molecule has 0 fully saturated rings. The van der Waals surface area contributed by atoms with Gasteiger partial charge in [0.1, 0.15) is 5.75 Å². The molecule has 0 saturated carbocycles. The third kappa shape index (κ3) is 3.15. The Kier molecular flexibility index (Phi) is 4.29. The van der Waals surface area contributed by atoms with Crippen LogP contribution in [0.3, 0.4) is 0 Å². The van der Waals surface area contributed by atoms with E-state index in [4.69, 9.17) is 10.00 Å². The highest BCUT2D eigenvalue weighted by molar-refractivity contribution is 7.99. The SMILES string of the molecule is N#CCSCCOc1cccc2ccccc12. The number of nitrogens with zero attached hydrogens (tertiary/aromatic N) is 1. The predicted molar refractivity (Wildman–Crippen MR) is 72.4 cm³/mol. The monoisotopic (exact) mass is 243 g/mol. The molecule has 0 atom stereocenters. The van der Waals surface area contributed by atoms with Crippen LogP contribution in [0, 0.1) is 11.3 Å². The molecule has 2 nitrogen and oxygen atoms in total. The van der Waals surface area contributed by atoms with Crippen molar-refractivity contribution in [2.45, 2.75) is 0 Å². The number of fused-ring (bicyclic) bond motifs is 1. The molecular weight excluding hydrogens is 230 g/mol. The molecule has 2 rings (SSSR count). The van der Waals surface area contributed by atoms with Gasteiger partial charge in [-0.15, -0.1) is 11.8 Å². The summed E-state index contributed by atoms with van der Waals surface area (Å²) >= 11 is 1.59. The molecule has 0 aliphatic carbocycles. The molecule has 0 unspecified atom stereocenters. The van der Waals surface area contributed by atoms with E-state index in [1.165, 1.54) is 5.39 Å². The van der Waals surface area contributed by atoms with Gasteiger partial charge in [0.25, 0.3) is 0 Å². The predicted octanol–water partition coefficient (Wildman–Crippen LogP) is 3.48. The Labute approximate surface area is 105 Å². The molecule has 3 heteroatoms. The lowest BCUT2D eigenvalue weighted by Crippen LogP contribution is -2.00. The van der Waals surface area contributed by atoms with Crippen molar-refractivity contribution in [3.05, 3.63) is 42.5 Å². The summed E-state index contributed by atoms with van der Waals surface area (Å²) in [5.41, 5.74) is 0. The molecule has 17 heavy (non-hydrogen) atoms. The van der Waals surface area contributed by atoms with E-state index in [1.807, 2.05) is 24.3 Å². The van der Waals surface area contributed by atoms with Crippen LogP contribution in [-0.4, -0.2) is 18.1 Å². The average molecular weight is 243 g/mol. The van der Waals surface area contributed by atoms with Crippen molar-refractivity contribution >= 4 is 22.5 Å². The van der Waals surface area contributed by atoms with Gasteiger partial charge in [0.15, 0.2) is 0 Å². The third-order valence-corrected chi connectivity index (χ3v) is 3.19. The van der Waals surface area contributed by atoms with Crippen LogP contribution in [0.1, 0.15) is 0 Å². The van der Waals surface area contributed by atoms with Crippen molar-refractivity contribution in [1.29, 1.82) is 5.26 Å². The molecule has 0 spiro atoms. The van der Waals surface area contributed by atoms with E-state index in [9.17, 15) is 0 Å². The van der Waals surface area contributed by atoms with Crippen LogP contribution in [0.4, 0.5) is 0 Å². The van der Waals surface area contributed by atoms with E-state index in [1.54, 1.807) is 11.8 Å². The van der Waals surface area contributed by atoms with Crippen LogP contribution >= 0.6 is 11.8 Å². The van der Waals surface area contributed by atoms with Crippen LogP contribution in [0.15, 0.2) is 42.5 Å². The van der Waals surface area contributed by atoms with Crippen molar-refractivity contribution in [1.82, 2.24) is 0 Å². The zero-order valence-electron chi connectivity index (χ0n) is 9.43. The van der Waals surface area contributed by atoms with Crippen molar-refractivity contribution in [3.63, 3.8) is 0 Å². The fourth-order valence-corrected chi connectivity index (χ4v) is 2.09. The molecule has 0 aliphatic rings. The minimum absolute atomic E-state index is 0.527. The zero-order chi connectivity index (χ0) is 11.9. The van der Waals surface area contributed by atoms with E-state index in [-0.39, 0.29) is 0 Å². The van der Waals surface area contributed by atoms with Crippen molar-refractivity contribution in [2.75, 3.05) is 18.1 Å². The fraction of sp³-hybridized carbons (Fsp3) is 0.214. The first-order valence-electron chi connectivity index (χ1n) is 5.47. The highest BCUT2D eigenvalue weighted by Gasteiger charge is 2.00. The number of rotatable bonds is 5. The summed E-state index contributed by atoms with van der Waals surface area (Å²) in [5, 5.41) is 10.7. The maximum Gasteiger partial charge on any atom is 0.127 e. The van der Waals surface area contributed by atoms with Crippen LogP contribution in [0.25, 0.3) is 10.8 Å². The van der Waals surface area contributed by atoms with Gasteiger partial charge in [0, 0.05) is 11.1 Å². The highest BCUT2D eigenvalue weighted by atomic mass is 32.2. The molecular formula is C14H13NOS. The molecule has 0 N–H and O–H groups in total. The Morgan fingerprint density at radius 2 is 1.94 bits per heavy atom. The van der Waals surface area contributed by atoms with E-state index < -0.39 is 0 Å². The third-order valence-electron chi connectivity index (χ3n) is 2.40. The summed E-state index contributed by atoms with van der Waals surface area (Å²) in [6.07, 6.45) is 0. The van der Waals surface area contributed by atoms with Gasteiger partial charge in [-0.25, -0.2) is 0 Å². The summed E-state index contributed by atoms with van der Waals surface area (Å²) in [6.45, 7) is 0.639. The number of hydrogen-bond acceptors (Lipinski definition) is 3. The average Bonchev–Trinajstić information content (AvgIpc) is 2.39. The van der Waals surface area contributed by atoms with Crippen molar-refractivity contribution in [2.24, 2.45) is 0 Å². The number of thioether (sulfide) groups is 1. The van der Waals surface area contributed by atoms with Crippen LogP contribution in [-0.2, 0) is 0 Å². The second kappa shape index (κ2) is 6.17. The lowest BCUT2D eigenvalue weighted by Gasteiger charge is -2.08. The van der Waals surface area contributed by atoms with Gasteiger partial charge in [-0.05, 0) is 11.5 Å². The van der Waals surface area contributed by atoms with E-state index in [2.05, 4.69) is 24.3 Å². The number of benzene rings is 2. The van der Waals surface area contributed by atoms with Gasteiger partial charge < -0.3 is 4.74 Å². The van der Waals surface area contributed by atoms with E-state index >= 15 is 0 Å². The topological polar surface area (TPSA) is 33.0 Å².